The first-order valence-electron chi connectivity index (χ1n) is 14.2. The summed E-state index contributed by atoms with van der Waals surface area (Å²) in [5.41, 5.74) is 4.24. The number of aryl methyl sites for hydroxylation is 1. The molecular formula is C30H34N2O10S. The number of likely N-dealkylation sites (N-methyl/N-ethyl adjacent to an activating group) is 1. The molecule has 0 amide bonds. The van der Waals surface area contributed by atoms with Crippen molar-refractivity contribution in [1.82, 2.24) is 9.80 Å². The van der Waals surface area contributed by atoms with Crippen LogP contribution in [0.15, 0.2) is 6.07 Å². The monoisotopic (exact) mass is 614 g/mol. The van der Waals surface area contributed by atoms with Gasteiger partial charge in [0.1, 0.15) is 18.6 Å². The summed E-state index contributed by atoms with van der Waals surface area (Å²) < 4.78 is 29.0. The Kier molecular flexibility index (Phi) is 6.74. The molecule has 43 heavy (non-hydrogen) atoms. The average molecular weight is 615 g/mol. The minimum atomic E-state index is -1.39. The Morgan fingerprint density at radius 1 is 1.09 bits per heavy atom. The third-order valence-corrected chi connectivity index (χ3v) is 10.9. The van der Waals surface area contributed by atoms with Crippen molar-refractivity contribution in [2.75, 3.05) is 33.3 Å². The van der Waals surface area contributed by atoms with Crippen LogP contribution in [-0.4, -0.2) is 94.8 Å². The minimum absolute atomic E-state index is 0.0169. The highest BCUT2D eigenvalue weighted by Gasteiger charge is 2.60. The number of ether oxygens (including phenoxy) is 5. The van der Waals surface area contributed by atoms with Crippen LogP contribution in [-0.2, 0) is 20.7 Å². The number of nitrogens with zero attached hydrogens (tertiary/aromatic N) is 2. The number of fused-ring (bicyclic) bond motifs is 9. The number of carbonyl (C=O) groups excluding carboxylic acids is 2. The van der Waals surface area contributed by atoms with E-state index in [-0.39, 0.29) is 30.9 Å². The number of thioether (sulfide) groups is 1. The number of carbonyl (C=O) groups is 2. The smallest absolute Gasteiger partial charge is 0.335 e. The molecule has 2 aromatic rings. The highest BCUT2D eigenvalue weighted by atomic mass is 32.2. The zero-order valence-corrected chi connectivity index (χ0v) is 25.3. The lowest BCUT2D eigenvalue weighted by atomic mass is 9.73. The molecule has 5 aliphatic rings. The molecule has 5 heterocycles. The third kappa shape index (κ3) is 3.98. The van der Waals surface area contributed by atoms with Gasteiger partial charge in [0.2, 0.25) is 6.79 Å². The Hall–Kier alpha value is -3.23. The normalized spacial score (nSPS) is 31.0. The molecule has 2 saturated heterocycles. The number of phenolic OH excluding ortho intramolecular Hbond substituents is 1. The first-order valence-corrected chi connectivity index (χ1v) is 15.3. The van der Waals surface area contributed by atoms with Gasteiger partial charge in [0, 0.05) is 41.0 Å². The number of phenols is 1. The predicted octanol–water partition coefficient (Wildman–Crippen LogP) is 2.02. The number of esters is 2. The van der Waals surface area contributed by atoms with Crippen molar-refractivity contribution in [3.8, 4) is 28.7 Å². The summed E-state index contributed by atoms with van der Waals surface area (Å²) in [5.74, 6) is 0.317. The molecule has 2 fully saturated rings. The van der Waals surface area contributed by atoms with Gasteiger partial charge >= 0.3 is 11.9 Å². The third-order valence-electron chi connectivity index (χ3n) is 9.47. The van der Waals surface area contributed by atoms with E-state index in [1.165, 1.54) is 25.8 Å². The van der Waals surface area contributed by atoms with Crippen LogP contribution in [0.1, 0.15) is 57.6 Å². The first kappa shape index (κ1) is 28.5. The largest absolute Gasteiger partial charge is 0.504 e. The molecule has 0 saturated carbocycles. The number of hydrogen-bond acceptors (Lipinski definition) is 13. The quantitative estimate of drug-likeness (QED) is 0.335. The van der Waals surface area contributed by atoms with Gasteiger partial charge in [0.05, 0.1) is 30.5 Å². The van der Waals surface area contributed by atoms with Crippen molar-refractivity contribution < 1.29 is 48.6 Å². The van der Waals surface area contributed by atoms with Crippen LogP contribution in [0, 0.1) is 13.8 Å². The fraction of sp³-hybridized carbons (Fsp3) is 0.533. The molecule has 2 aromatic carbocycles. The Morgan fingerprint density at radius 2 is 1.84 bits per heavy atom. The molecule has 5 aliphatic heterocycles. The summed E-state index contributed by atoms with van der Waals surface area (Å²) in [7, 11) is 3.44. The second-order valence-corrected chi connectivity index (χ2v) is 12.9. The van der Waals surface area contributed by atoms with Gasteiger partial charge in [0.25, 0.3) is 0 Å². The molecule has 0 aliphatic carbocycles. The Bertz CT molecular complexity index is 1550. The van der Waals surface area contributed by atoms with E-state index >= 15 is 0 Å². The van der Waals surface area contributed by atoms with Gasteiger partial charge < -0.3 is 39.0 Å². The maximum Gasteiger partial charge on any atom is 0.335 e. The minimum Gasteiger partial charge on any atom is -0.504 e. The van der Waals surface area contributed by atoms with Crippen molar-refractivity contribution in [3.63, 3.8) is 0 Å². The van der Waals surface area contributed by atoms with Crippen LogP contribution in [0.2, 0.25) is 0 Å². The molecule has 3 N–H and O–H groups in total. The van der Waals surface area contributed by atoms with Gasteiger partial charge in [-0.25, -0.2) is 4.79 Å². The summed E-state index contributed by atoms with van der Waals surface area (Å²) in [5, 5.41) is 34.0. The zero-order valence-electron chi connectivity index (χ0n) is 24.4. The molecule has 0 spiro atoms. The summed E-state index contributed by atoms with van der Waals surface area (Å²) in [6.45, 7) is 4.75. The van der Waals surface area contributed by atoms with E-state index in [0.29, 0.717) is 51.7 Å². The van der Waals surface area contributed by atoms with Crippen LogP contribution in [0.5, 0.6) is 28.7 Å². The maximum absolute atomic E-state index is 12.8. The second-order valence-electron chi connectivity index (χ2n) is 11.7. The summed E-state index contributed by atoms with van der Waals surface area (Å²) >= 11 is 1.30. The first-order chi connectivity index (χ1) is 20.5. The van der Waals surface area contributed by atoms with Gasteiger partial charge in [-0.15, -0.1) is 11.8 Å². The number of aliphatic hydroxyl groups is 2. The van der Waals surface area contributed by atoms with Crippen LogP contribution in [0.3, 0.4) is 0 Å². The second kappa shape index (κ2) is 10.2. The van der Waals surface area contributed by atoms with Crippen molar-refractivity contribution in [2.24, 2.45) is 0 Å². The van der Waals surface area contributed by atoms with Crippen LogP contribution in [0.25, 0.3) is 0 Å². The number of methoxy groups -OCH3 is 1. The molecule has 0 aromatic heterocycles. The van der Waals surface area contributed by atoms with E-state index in [2.05, 4.69) is 4.90 Å². The highest BCUT2D eigenvalue weighted by molar-refractivity contribution is 7.99. The SMILES string of the molecule is COc1c(C)cc2c(c1O)[C@@H]1C3[C@@H]4SC[C@H](O)C(=O)OC[C@H](c5c6c(c(C)c(OC(C)=O)c54)OCO6)N3[C@@H](O)[C@H](C2)N1C. The molecular weight excluding hydrogens is 580 g/mol. The number of cyclic esters (lactones) is 1. The fourth-order valence-corrected chi connectivity index (χ4v) is 9.18. The zero-order chi connectivity index (χ0) is 30.5. The average Bonchev–Trinajstić information content (AvgIpc) is 3.45. The van der Waals surface area contributed by atoms with Crippen LogP contribution >= 0.6 is 11.8 Å². The van der Waals surface area contributed by atoms with Gasteiger partial charge in [-0.2, -0.15) is 0 Å². The van der Waals surface area contributed by atoms with E-state index in [1.807, 2.05) is 24.9 Å². The standard InChI is InChI=1S/C30H34N2O10S/c1-11-6-14-7-15-29(36)32-16-8-39-30(37)17(34)9-43-28(22(32)21(31(15)4)18(14)23(35)24(11)38-5)20-19(16)27-26(40-10-41-27)12(2)25(20)42-13(3)33/h6,15-17,21-22,28-29,34-36H,7-10H2,1-5H3/t15-,16+,17-,21+,22?,28+,29-/m0/s1. The molecule has 230 valence electrons. The number of piperazine rings is 1. The summed E-state index contributed by atoms with van der Waals surface area (Å²) in [6.07, 6.45) is -1.93. The van der Waals surface area contributed by atoms with Crippen LogP contribution in [0.4, 0.5) is 0 Å². The Morgan fingerprint density at radius 3 is 2.56 bits per heavy atom. The molecule has 0 radical (unpaired) electrons. The number of aliphatic hydroxyl groups excluding tert-OH is 2. The van der Waals surface area contributed by atoms with Gasteiger partial charge in [-0.05, 0) is 38.4 Å². The fourth-order valence-electron chi connectivity index (χ4n) is 7.77. The van der Waals surface area contributed by atoms with Crippen molar-refractivity contribution >= 4 is 23.7 Å². The highest BCUT2D eigenvalue weighted by Crippen LogP contribution is 2.63. The van der Waals surface area contributed by atoms with Gasteiger partial charge in [0.15, 0.2) is 29.1 Å². The topological polar surface area (TPSA) is 147 Å². The lowest BCUT2D eigenvalue weighted by Crippen LogP contribution is -2.69. The van der Waals surface area contributed by atoms with Crippen molar-refractivity contribution in [2.45, 2.75) is 68.9 Å². The Balaban J connectivity index is 1.54. The number of benzene rings is 2. The van der Waals surface area contributed by atoms with Crippen molar-refractivity contribution in [1.29, 1.82) is 0 Å². The van der Waals surface area contributed by atoms with Gasteiger partial charge in [-0.3, -0.25) is 14.6 Å². The van der Waals surface area contributed by atoms with E-state index in [1.54, 1.807) is 6.92 Å². The van der Waals surface area contributed by atoms with E-state index in [4.69, 9.17) is 23.7 Å². The van der Waals surface area contributed by atoms with E-state index in [9.17, 15) is 24.9 Å². The van der Waals surface area contributed by atoms with E-state index < -0.39 is 47.6 Å². The molecule has 13 heteroatoms. The molecule has 7 rings (SSSR count). The summed E-state index contributed by atoms with van der Waals surface area (Å²) in [4.78, 5) is 29.3. The summed E-state index contributed by atoms with van der Waals surface area (Å²) in [6, 6.07) is -0.0947. The number of aromatic hydroxyl groups is 1. The molecule has 7 atom stereocenters. The molecule has 4 bridgehead atoms. The molecule has 12 nitrogen and oxygen atoms in total. The Labute approximate surface area is 252 Å². The molecule has 1 unspecified atom stereocenters. The number of hydrogen-bond donors (Lipinski definition) is 3. The van der Waals surface area contributed by atoms with Crippen LogP contribution < -0.4 is 18.9 Å². The number of rotatable bonds is 2. The predicted molar refractivity (Wildman–Crippen MR) is 153 cm³/mol. The lowest BCUT2D eigenvalue weighted by molar-refractivity contribution is -0.186. The lowest BCUT2D eigenvalue weighted by Gasteiger charge is -2.61. The van der Waals surface area contributed by atoms with Crippen molar-refractivity contribution in [3.05, 3.63) is 39.4 Å². The van der Waals surface area contributed by atoms with E-state index in [0.717, 1.165) is 11.1 Å². The maximum atomic E-state index is 12.8. The van der Waals surface area contributed by atoms with Gasteiger partial charge in [-0.1, -0.05) is 6.07 Å².